The number of carbonyl (C=O) groups excluding carboxylic acids is 3. The lowest BCUT2D eigenvalue weighted by atomic mass is 10.1. The molecule has 0 fully saturated rings. The quantitative estimate of drug-likeness (QED) is 0.795. The Morgan fingerprint density at radius 1 is 1.14 bits per heavy atom. The minimum atomic E-state index is -4.53. The Kier molecular flexibility index (Phi) is 4.20. The molecule has 0 saturated carbocycles. The number of hydrogen-bond acceptors (Lipinski definition) is 3. The molecule has 0 aromatic heterocycles. The fourth-order valence-corrected chi connectivity index (χ4v) is 2.21. The van der Waals surface area contributed by atoms with Crippen molar-refractivity contribution in [1.82, 2.24) is 9.80 Å². The topological polar surface area (TPSA) is 57.7 Å². The van der Waals surface area contributed by atoms with E-state index < -0.39 is 37.0 Å². The number of carbonyl (C=O) groups is 3. The first kappa shape index (κ1) is 16.0. The first-order valence-electron chi connectivity index (χ1n) is 6.54. The summed E-state index contributed by atoms with van der Waals surface area (Å²) in [5.41, 5.74) is 0.304. The molecule has 0 spiro atoms. The molecule has 5 nitrogen and oxygen atoms in total. The fourth-order valence-electron chi connectivity index (χ4n) is 2.21. The zero-order valence-corrected chi connectivity index (χ0v) is 11.7. The smallest absolute Gasteiger partial charge is 0.332 e. The van der Waals surface area contributed by atoms with Gasteiger partial charge in [0.25, 0.3) is 11.8 Å². The van der Waals surface area contributed by atoms with Gasteiger partial charge in [-0.05, 0) is 19.1 Å². The fraction of sp³-hybridized carbons (Fsp3) is 0.357. The van der Waals surface area contributed by atoms with E-state index in [4.69, 9.17) is 0 Å². The second-order valence-corrected chi connectivity index (χ2v) is 4.77. The molecular weight excluding hydrogens is 301 g/mol. The maximum atomic E-state index is 12.4. The average Bonchev–Trinajstić information content (AvgIpc) is 2.69. The molecule has 8 heteroatoms. The van der Waals surface area contributed by atoms with Gasteiger partial charge in [-0.15, -0.1) is 0 Å². The van der Waals surface area contributed by atoms with E-state index in [0.717, 1.165) is 0 Å². The summed E-state index contributed by atoms with van der Waals surface area (Å²) in [5.74, 6) is -2.26. The van der Waals surface area contributed by atoms with Crippen LogP contribution in [0.15, 0.2) is 24.3 Å². The normalized spacial score (nSPS) is 14.3. The van der Waals surface area contributed by atoms with Gasteiger partial charge in [-0.25, -0.2) is 0 Å². The van der Waals surface area contributed by atoms with Crippen molar-refractivity contribution in [1.29, 1.82) is 0 Å². The Morgan fingerprint density at radius 2 is 1.64 bits per heavy atom. The number of amides is 3. The van der Waals surface area contributed by atoms with Gasteiger partial charge in [0.05, 0.1) is 11.1 Å². The minimum absolute atomic E-state index is 0.152. The molecule has 0 atom stereocenters. The third-order valence-electron chi connectivity index (χ3n) is 3.28. The molecule has 2 rings (SSSR count). The Labute approximate surface area is 124 Å². The van der Waals surface area contributed by atoms with Gasteiger partial charge in [0.1, 0.15) is 13.1 Å². The Morgan fingerprint density at radius 3 is 2.05 bits per heavy atom. The van der Waals surface area contributed by atoms with Gasteiger partial charge in [-0.3, -0.25) is 19.3 Å². The number of alkyl halides is 3. The maximum absolute atomic E-state index is 12.4. The summed E-state index contributed by atoms with van der Waals surface area (Å²) in [4.78, 5) is 37.3. The van der Waals surface area contributed by atoms with Crippen LogP contribution in [0.2, 0.25) is 0 Å². The van der Waals surface area contributed by atoms with E-state index in [-0.39, 0.29) is 17.7 Å². The second-order valence-electron chi connectivity index (χ2n) is 4.77. The summed E-state index contributed by atoms with van der Waals surface area (Å²) in [7, 11) is 0. The standard InChI is InChI=1S/C14H13F3N2O3/c1-2-18(8-14(15,16)17)11(20)7-19-12(21)9-5-3-4-6-10(9)13(19)22/h3-6H,2,7-8H2,1H3. The minimum Gasteiger partial charge on any atom is -0.332 e. The highest BCUT2D eigenvalue weighted by Gasteiger charge is 2.38. The van der Waals surface area contributed by atoms with Crippen molar-refractivity contribution in [2.24, 2.45) is 0 Å². The summed E-state index contributed by atoms with van der Waals surface area (Å²) < 4.78 is 37.2. The molecule has 22 heavy (non-hydrogen) atoms. The molecule has 0 bridgehead atoms. The number of rotatable bonds is 4. The number of fused-ring (bicyclic) bond motifs is 1. The lowest BCUT2D eigenvalue weighted by Gasteiger charge is -2.24. The SMILES string of the molecule is CCN(CC(F)(F)F)C(=O)CN1C(=O)c2ccccc2C1=O. The number of imide groups is 1. The number of halogens is 3. The van der Waals surface area contributed by atoms with Gasteiger partial charge in [0.2, 0.25) is 5.91 Å². The van der Waals surface area contributed by atoms with Crippen LogP contribution in [0.4, 0.5) is 13.2 Å². The monoisotopic (exact) mass is 314 g/mol. The predicted molar refractivity (Wildman–Crippen MR) is 70.1 cm³/mol. The molecule has 3 amide bonds. The summed E-state index contributed by atoms with van der Waals surface area (Å²) in [5, 5.41) is 0. The van der Waals surface area contributed by atoms with Crippen molar-refractivity contribution in [2.45, 2.75) is 13.1 Å². The summed E-state index contributed by atoms with van der Waals surface area (Å²) in [6.07, 6.45) is -4.53. The zero-order valence-electron chi connectivity index (χ0n) is 11.7. The average molecular weight is 314 g/mol. The molecule has 0 radical (unpaired) electrons. The second kappa shape index (κ2) is 5.78. The van der Waals surface area contributed by atoms with Crippen LogP contribution in [0, 0.1) is 0 Å². The maximum Gasteiger partial charge on any atom is 0.406 e. The third-order valence-corrected chi connectivity index (χ3v) is 3.28. The van der Waals surface area contributed by atoms with Gasteiger partial charge >= 0.3 is 6.18 Å². The van der Waals surface area contributed by atoms with Crippen molar-refractivity contribution in [3.05, 3.63) is 35.4 Å². The summed E-state index contributed by atoms with van der Waals surface area (Å²) >= 11 is 0. The van der Waals surface area contributed by atoms with Crippen LogP contribution in [0.5, 0.6) is 0 Å². The van der Waals surface area contributed by atoms with Crippen LogP contribution in [0.1, 0.15) is 27.6 Å². The first-order valence-corrected chi connectivity index (χ1v) is 6.54. The van der Waals surface area contributed by atoms with Crippen LogP contribution < -0.4 is 0 Å². The van der Waals surface area contributed by atoms with Crippen molar-refractivity contribution < 1.29 is 27.6 Å². The van der Waals surface area contributed by atoms with E-state index in [1.807, 2.05) is 0 Å². The van der Waals surface area contributed by atoms with E-state index in [9.17, 15) is 27.6 Å². The highest BCUT2D eigenvalue weighted by atomic mass is 19.4. The highest BCUT2D eigenvalue weighted by molar-refractivity contribution is 6.22. The molecule has 0 aliphatic carbocycles. The van der Waals surface area contributed by atoms with Gasteiger partial charge in [0.15, 0.2) is 0 Å². The zero-order chi connectivity index (χ0) is 16.5. The molecule has 1 aromatic rings. The van der Waals surface area contributed by atoms with E-state index >= 15 is 0 Å². The van der Waals surface area contributed by atoms with Crippen LogP contribution in [-0.4, -0.2) is 53.3 Å². The van der Waals surface area contributed by atoms with Crippen LogP contribution in [-0.2, 0) is 4.79 Å². The number of hydrogen-bond donors (Lipinski definition) is 0. The van der Waals surface area contributed by atoms with E-state index in [2.05, 4.69) is 0 Å². The third kappa shape index (κ3) is 3.10. The van der Waals surface area contributed by atoms with Gasteiger partial charge in [-0.1, -0.05) is 12.1 Å². The van der Waals surface area contributed by atoms with E-state index in [1.165, 1.54) is 19.1 Å². The van der Waals surface area contributed by atoms with Gasteiger partial charge < -0.3 is 4.90 Å². The largest absolute Gasteiger partial charge is 0.406 e. The molecule has 1 aliphatic heterocycles. The van der Waals surface area contributed by atoms with Gasteiger partial charge in [-0.2, -0.15) is 13.2 Å². The molecule has 0 unspecified atom stereocenters. The van der Waals surface area contributed by atoms with Crippen molar-refractivity contribution >= 4 is 17.7 Å². The number of benzene rings is 1. The molecule has 0 saturated heterocycles. The van der Waals surface area contributed by atoms with Crippen LogP contribution in [0.25, 0.3) is 0 Å². The van der Waals surface area contributed by atoms with E-state index in [0.29, 0.717) is 9.80 Å². The lowest BCUT2D eigenvalue weighted by Crippen LogP contribution is -2.45. The molecule has 1 aliphatic rings. The summed E-state index contributed by atoms with van der Waals surface area (Å²) in [6.45, 7) is -0.880. The Bertz CT molecular complexity index is 593. The number of nitrogens with zero attached hydrogens (tertiary/aromatic N) is 2. The molecule has 1 heterocycles. The van der Waals surface area contributed by atoms with E-state index in [1.54, 1.807) is 12.1 Å². The van der Waals surface area contributed by atoms with Crippen molar-refractivity contribution in [3.63, 3.8) is 0 Å². The first-order chi connectivity index (χ1) is 10.2. The van der Waals surface area contributed by atoms with Crippen LogP contribution >= 0.6 is 0 Å². The van der Waals surface area contributed by atoms with Gasteiger partial charge in [0, 0.05) is 6.54 Å². The molecular formula is C14H13F3N2O3. The number of likely N-dealkylation sites (N-methyl/N-ethyl adjacent to an activating group) is 1. The molecule has 0 N–H and O–H groups in total. The predicted octanol–water partition coefficient (Wildman–Crippen LogP) is 1.69. The highest BCUT2D eigenvalue weighted by Crippen LogP contribution is 2.23. The lowest BCUT2D eigenvalue weighted by molar-refractivity contribution is -0.160. The van der Waals surface area contributed by atoms with Crippen molar-refractivity contribution in [2.75, 3.05) is 19.6 Å². The molecule has 118 valence electrons. The Hall–Kier alpha value is -2.38. The summed E-state index contributed by atoms with van der Waals surface area (Å²) in [6, 6.07) is 6.01. The Balaban J connectivity index is 2.13. The van der Waals surface area contributed by atoms with Crippen molar-refractivity contribution in [3.8, 4) is 0 Å². The van der Waals surface area contributed by atoms with Crippen LogP contribution in [0.3, 0.4) is 0 Å². The molecule has 1 aromatic carbocycles.